The summed E-state index contributed by atoms with van der Waals surface area (Å²) in [6, 6.07) is 2.93. The highest BCUT2D eigenvalue weighted by molar-refractivity contribution is 7.12. The lowest BCUT2D eigenvalue weighted by Crippen LogP contribution is -2.55. The molecule has 1 aromatic rings. The maximum Gasteiger partial charge on any atom is 0.264 e. The van der Waals surface area contributed by atoms with Crippen LogP contribution in [0.5, 0.6) is 0 Å². The third-order valence-corrected chi connectivity index (χ3v) is 4.67. The van der Waals surface area contributed by atoms with Crippen LogP contribution in [0.2, 0.25) is 0 Å². The first-order valence-electron chi connectivity index (χ1n) is 6.78. The summed E-state index contributed by atoms with van der Waals surface area (Å²) >= 11 is 1.61. The summed E-state index contributed by atoms with van der Waals surface area (Å²) in [5, 5.41) is 5.53. The minimum atomic E-state index is 0.243. The number of carbonyl (C=O) groups is 1. The number of rotatable bonds is 2. The molecule has 3 rings (SSSR count). The zero-order chi connectivity index (χ0) is 12.7. The molecule has 1 amide bonds. The lowest BCUT2D eigenvalue weighted by molar-refractivity contribution is 0.0677. The zero-order valence-electron chi connectivity index (χ0n) is 11.0. The fourth-order valence-electron chi connectivity index (χ4n) is 2.85. The monoisotopic (exact) mass is 264 g/mol. The topological polar surface area (TPSA) is 32.3 Å². The van der Waals surface area contributed by atoms with Gasteiger partial charge in [-0.1, -0.05) is 0 Å². The summed E-state index contributed by atoms with van der Waals surface area (Å²) in [6.45, 7) is 5.94. The number of carbonyl (C=O) groups excluding carboxylic acids is 1. The predicted octanol–water partition coefficient (Wildman–Crippen LogP) is 2.45. The van der Waals surface area contributed by atoms with Crippen molar-refractivity contribution in [2.75, 3.05) is 13.1 Å². The molecule has 1 N–H and O–H groups in total. The van der Waals surface area contributed by atoms with Gasteiger partial charge >= 0.3 is 0 Å². The molecule has 18 heavy (non-hydrogen) atoms. The van der Waals surface area contributed by atoms with E-state index in [-0.39, 0.29) is 5.91 Å². The third kappa shape index (κ3) is 2.31. The molecular formula is C14H20N2OS. The highest BCUT2D eigenvalue weighted by Crippen LogP contribution is 2.43. The van der Waals surface area contributed by atoms with Crippen molar-refractivity contribution >= 4 is 17.2 Å². The maximum atomic E-state index is 12.6. The van der Waals surface area contributed by atoms with Gasteiger partial charge in [0.25, 0.3) is 5.91 Å². The Kier molecular flexibility index (Phi) is 3.16. The van der Waals surface area contributed by atoms with Crippen molar-refractivity contribution in [3.05, 3.63) is 21.9 Å². The van der Waals surface area contributed by atoms with Gasteiger partial charge in [-0.3, -0.25) is 4.79 Å². The van der Waals surface area contributed by atoms with Gasteiger partial charge in [-0.25, -0.2) is 0 Å². The van der Waals surface area contributed by atoms with Crippen LogP contribution in [0.25, 0.3) is 0 Å². The first kappa shape index (κ1) is 12.2. The van der Waals surface area contributed by atoms with Gasteiger partial charge in [0.1, 0.15) is 0 Å². The number of nitrogens with zero attached hydrogens (tertiary/aromatic N) is 1. The summed E-state index contributed by atoms with van der Waals surface area (Å²) in [4.78, 5) is 15.6. The molecule has 1 aromatic heterocycles. The highest BCUT2D eigenvalue weighted by Gasteiger charge is 2.32. The Labute approximate surface area is 112 Å². The Morgan fingerprint density at radius 1 is 1.33 bits per heavy atom. The van der Waals surface area contributed by atoms with Crippen molar-refractivity contribution in [1.29, 1.82) is 0 Å². The molecule has 2 atom stereocenters. The standard InChI is InChI=1S/C14H20N2OS/c1-9-7-16(8-10(2)15-9)14(17)13-12(5-6-18-13)11-3-4-11/h5-6,9-11,15H,3-4,7-8H2,1-2H3. The van der Waals surface area contributed by atoms with E-state index in [0.29, 0.717) is 18.0 Å². The minimum Gasteiger partial charge on any atom is -0.335 e. The van der Waals surface area contributed by atoms with Gasteiger partial charge in [-0.15, -0.1) is 11.3 Å². The van der Waals surface area contributed by atoms with E-state index in [2.05, 4.69) is 30.6 Å². The van der Waals surface area contributed by atoms with Crippen LogP contribution in [0.1, 0.15) is 47.8 Å². The van der Waals surface area contributed by atoms with Crippen LogP contribution in [0, 0.1) is 0 Å². The molecule has 98 valence electrons. The quantitative estimate of drug-likeness (QED) is 0.890. The van der Waals surface area contributed by atoms with Crippen molar-refractivity contribution in [3.63, 3.8) is 0 Å². The van der Waals surface area contributed by atoms with E-state index < -0.39 is 0 Å². The first-order chi connectivity index (χ1) is 8.65. The SMILES string of the molecule is CC1CN(C(=O)c2sccc2C2CC2)CC(C)N1. The van der Waals surface area contributed by atoms with Crippen molar-refractivity contribution in [3.8, 4) is 0 Å². The van der Waals surface area contributed by atoms with E-state index in [1.807, 2.05) is 4.90 Å². The average Bonchev–Trinajstić information content (AvgIpc) is 3.05. The van der Waals surface area contributed by atoms with Crippen molar-refractivity contribution in [2.45, 2.75) is 44.7 Å². The second-order valence-corrected chi connectivity index (χ2v) is 6.57. The summed E-state index contributed by atoms with van der Waals surface area (Å²) in [6.07, 6.45) is 2.51. The van der Waals surface area contributed by atoms with Gasteiger partial charge in [0.05, 0.1) is 4.88 Å². The summed E-state index contributed by atoms with van der Waals surface area (Å²) < 4.78 is 0. The van der Waals surface area contributed by atoms with Crippen molar-refractivity contribution in [1.82, 2.24) is 10.2 Å². The zero-order valence-corrected chi connectivity index (χ0v) is 11.8. The number of hydrogen-bond acceptors (Lipinski definition) is 3. The van der Waals surface area contributed by atoms with Crippen LogP contribution >= 0.6 is 11.3 Å². The lowest BCUT2D eigenvalue weighted by atomic mass is 10.1. The summed E-state index contributed by atoms with van der Waals surface area (Å²) in [7, 11) is 0. The van der Waals surface area contributed by atoms with E-state index in [0.717, 1.165) is 18.0 Å². The fourth-order valence-corrected chi connectivity index (χ4v) is 3.80. The highest BCUT2D eigenvalue weighted by atomic mass is 32.1. The molecule has 2 aliphatic rings. The van der Waals surface area contributed by atoms with Crippen LogP contribution in [-0.4, -0.2) is 36.0 Å². The molecule has 0 radical (unpaired) electrons. The summed E-state index contributed by atoms with van der Waals surface area (Å²) in [5.74, 6) is 0.903. The molecule has 2 unspecified atom stereocenters. The third-order valence-electron chi connectivity index (χ3n) is 3.75. The first-order valence-corrected chi connectivity index (χ1v) is 7.66. The molecule has 1 aliphatic carbocycles. The fraction of sp³-hybridized carbons (Fsp3) is 0.643. The molecule has 2 fully saturated rings. The van der Waals surface area contributed by atoms with Gasteiger partial charge in [0.2, 0.25) is 0 Å². The molecule has 1 saturated carbocycles. The Hall–Kier alpha value is -0.870. The van der Waals surface area contributed by atoms with Gasteiger partial charge in [0, 0.05) is 25.2 Å². The molecule has 4 heteroatoms. The number of nitrogens with one attached hydrogen (secondary N) is 1. The van der Waals surface area contributed by atoms with E-state index in [1.165, 1.54) is 18.4 Å². The van der Waals surface area contributed by atoms with Crippen molar-refractivity contribution in [2.24, 2.45) is 0 Å². The van der Waals surface area contributed by atoms with Crippen LogP contribution in [-0.2, 0) is 0 Å². The molecule has 0 spiro atoms. The van der Waals surface area contributed by atoms with Crippen LogP contribution in [0.4, 0.5) is 0 Å². The van der Waals surface area contributed by atoms with Crippen molar-refractivity contribution < 1.29 is 4.79 Å². The molecule has 0 aromatic carbocycles. The second-order valence-electron chi connectivity index (χ2n) is 5.66. The summed E-state index contributed by atoms with van der Waals surface area (Å²) in [5.41, 5.74) is 1.30. The number of amides is 1. The Balaban J connectivity index is 1.78. The van der Waals surface area contributed by atoms with Crippen LogP contribution in [0.3, 0.4) is 0 Å². The number of piperazine rings is 1. The van der Waals surface area contributed by atoms with E-state index in [1.54, 1.807) is 11.3 Å². The number of thiophene rings is 1. The minimum absolute atomic E-state index is 0.243. The average molecular weight is 264 g/mol. The largest absolute Gasteiger partial charge is 0.335 e. The van der Waals surface area contributed by atoms with Crippen LogP contribution in [0.15, 0.2) is 11.4 Å². The van der Waals surface area contributed by atoms with Crippen LogP contribution < -0.4 is 5.32 Å². The lowest BCUT2D eigenvalue weighted by Gasteiger charge is -2.36. The Morgan fingerprint density at radius 3 is 2.61 bits per heavy atom. The smallest absolute Gasteiger partial charge is 0.264 e. The molecule has 1 aliphatic heterocycles. The second kappa shape index (κ2) is 4.67. The van der Waals surface area contributed by atoms with Gasteiger partial charge in [-0.05, 0) is 49.6 Å². The molecule has 1 saturated heterocycles. The van der Waals surface area contributed by atoms with E-state index >= 15 is 0 Å². The molecule has 3 nitrogen and oxygen atoms in total. The normalized spacial score (nSPS) is 28.4. The Bertz CT molecular complexity index is 442. The Morgan fingerprint density at radius 2 is 2.00 bits per heavy atom. The molecule has 2 heterocycles. The van der Waals surface area contributed by atoms with Gasteiger partial charge in [-0.2, -0.15) is 0 Å². The van der Waals surface area contributed by atoms with E-state index in [9.17, 15) is 4.79 Å². The molecular weight excluding hydrogens is 244 g/mol. The maximum absolute atomic E-state index is 12.6. The van der Waals surface area contributed by atoms with E-state index in [4.69, 9.17) is 0 Å². The predicted molar refractivity (Wildman–Crippen MR) is 74.3 cm³/mol. The number of hydrogen-bond donors (Lipinski definition) is 1. The molecule has 0 bridgehead atoms. The van der Waals surface area contributed by atoms with Gasteiger partial charge in [0.15, 0.2) is 0 Å². The van der Waals surface area contributed by atoms with Gasteiger partial charge < -0.3 is 10.2 Å².